The third kappa shape index (κ3) is 1.10. The van der Waals surface area contributed by atoms with Gasteiger partial charge in [0.1, 0.15) is 12.5 Å². The number of hydrogen-bond donors (Lipinski definition) is 1. The molecular formula is C9H11NO. The molecule has 58 valence electrons. The van der Waals surface area contributed by atoms with Crippen molar-refractivity contribution in [2.75, 3.05) is 6.73 Å². The number of hydrogen-bond acceptors (Lipinski definition) is 2. The molecule has 1 aromatic rings. The van der Waals surface area contributed by atoms with Crippen LogP contribution in [0, 0.1) is 6.92 Å². The molecule has 2 rings (SSSR count). The zero-order valence-corrected chi connectivity index (χ0v) is 6.55. The monoisotopic (exact) mass is 149 g/mol. The predicted molar refractivity (Wildman–Crippen MR) is 43.5 cm³/mol. The summed E-state index contributed by atoms with van der Waals surface area (Å²) in [5.74, 6) is 1.03. The molecule has 2 nitrogen and oxygen atoms in total. The highest BCUT2D eigenvalue weighted by molar-refractivity contribution is 5.40. The molecule has 0 fully saturated rings. The van der Waals surface area contributed by atoms with Crippen LogP contribution in [0.5, 0.6) is 5.75 Å². The van der Waals surface area contributed by atoms with E-state index < -0.39 is 0 Å². The maximum Gasteiger partial charge on any atom is 0.139 e. The Kier molecular flexibility index (Phi) is 1.55. The van der Waals surface area contributed by atoms with E-state index in [0.717, 1.165) is 12.3 Å². The van der Waals surface area contributed by atoms with E-state index >= 15 is 0 Å². The number of rotatable bonds is 0. The average molecular weight is 149 g/mol. The third-order valence-electron chi connectivity index (χ3n) is 2.00. The van der Waals surface area contributed by atoms with Gasteiger partial charge in [-0.05, 0) is 18.6 Å². The molecule has 0 radical (unpaired) electrons. The number of ether oxygens (including phenoxy) is 1. The highest BCUT2D eigenvalue weighted by Gasteiger charge is 2.09. The van der Waals surface area contributed by atoms with Crippen LogP contribution in [0.2, 0.25) is 0 Å². The van der Waals surface area contributed by atoms with Crippen molar-refractivity contribution in [3.05, 3.63) is 29.3 Å². The SMILES string of the molecule is Cc1cccc2c1CNCO2. The van der Waals surface area contributed by atoms with Crippen molar-refractivity contribution in [3.8, 4) is 5.75 Å². The van der Waals surface area contributed by atoms with Gasteiger partial charge >= 0.3 is 0 Å². The van der Waals surface area contributed by atoms with Gasteiger partial charge in [-0.15, -0.1) is 0 Å². The van der Waals surface area contributed by atoms with Gasteiger partial charge in [-0.3, -0.25) is 5.32 Å². The van der Waals surface area contributed by atoms with Crippen molar-refractivity contribution in [1.29, 1.82) is 0 Å². The Morgan fingerprint density at radius 2 is 2.36 bits per heavy atom. The van der Waals surface area contributed by atoms with Crippen molar-refractivity contribution >= 4 is 0 Å². The Morgan fingerprint density at radius 3 is 3.18 bits per heavy atom. The second kappa shape index (κ2) is 2.55. The summed E-state index contributed by atoms with van der Waals surface area (Å²) < 4.78 is 5.39. The van der Waals surface area contributed by atoms with Crippen molar-refractivity contribution < 1.29 is 4.74 Å². The van der Waals surface area contributed by atoms with Gasteiger partial charge in [0, 0.05) is 12.1 Å². The van der Waals surface area contributed by atoms with Gasteiger partial charge in [0.05, 0.1) is 0 Å². The molecule has 2 heteroatoms. The van der Waals surface area contributed by atoms with Crippen LogP contribution in [0.1, 0.15) is 11.1 Å². The first kappa shape index (κ1) is 6.68. The smallest absolute Gasteiger partial charge is 0.139 e. The van der Waals surface area contributed by atoms with Gasteiger partial charge in [0.25, 0.3) is 0 Å². The van der Waals surface area contributed by atoms with Gasteiger partial charge in [-0.1, -0.05) is 12.1 Å². The summed E-state index contributed by atoms with van der Waals surface area (Å²) in [7, 11) is 0. The maximum atomic E-state index is 5.39. The summed E-state index contributed by atoms with van der Waals surface area (Å²) in [6.07, 6.45) is 0. The summed E-state index contributed by atoms with van der Waals surface area (Å²) in [4.78, 5) is 0. The molecular weight excluding hydrogens is 138 g/mol. The van der Waals surface area contributed by atoms with Crippen LogP contribution in [0.3, 0.4) is 0 Å². The number of aryl methyl sites for hydroxylation is 1. The van der Waals surface area contributed by atoms with E-state index in [1.54, 1.807) is 0 Å². The zero-order valence-electron chi connectivity index (χ0n) is 6.55. The quantitative estimate of drug-likeness (QED) is 0.602. The van der Waals surface area contributed by atoms with Gasteiger partial charge in [0.15, 0.2) is 0 Å². The lowest BCUT2D eigenvalue weighted by atomic mass is 10.1. The van der Waals surface area contributed by atoms with E-state index in [1.165, 1.54) is 11.1 Å². The second-order valence-corrected chi connectivity index (χ2v) is 2.77. The van der Waals surface area contributed by atoms with Crippen molar-refractivity contribution in [2.45, 2.75) is 13.5 Å². The molecule has 1 N–H and O–H groups in total. The molecule has 0 bridgehead atoms. The number of nitrogens with one attached hydrogen (secondary N) is 1. The van der Waals surface area contributed by atoms with Crippen LogP contribution in [-0.2, 0) is 6.54 Å². The summed E-state index contributed by atoms with van der Waals surface area (Å²) in [6, 6.07) is 6.15. The molecule has 1 aliphatic rings. The Hall–Kier alpha value is -1.02. The first-order valence-electron chi connectivity index (χ1n) is 3.80. The van der Waals surface area contributed by atoms with Gasteiger partial charge in [-0.2, -0.15) is 0 Å². The van der Waals surface area contributed by atoms with Crippen LogP contribution in [0.25, 0.3) is 0 Å². The van der Waals surface area contributed by atoms with Crippen LogP contribution in [-0.4, -0.2) is 6.73 Å². The highest BCUT2D eigenvalue weighted by Crippen LogP contribution is 2.23. The van der Waals surface area contributed by atoms with Crippen molar-refractivity contribution in [1.82, 2.24) is 5.32 Å². The Balaban J connectivity index is 2.49. The second-order valence-electron chi connectivity index (χ2n) is 2.77. The topological polar surface area (TPSA) is 21.3 Å². The van der Waals surface area contributed by atoms with Crippen LogP contribution >= 0.6 is 0 Å². The molecule has 1 aromatic carbocycles. The Labute approximate surface area is 66.2 Å². The minimum Gasteiger partial charge on any atom is -0.478 e. The molecule has 0 saturated heterocycles. The minimum atomic E-state index is 0.635. The van der Waals surface area contributed by atoms with Gasteiger partial charge < -0.3 is 4.74 Å². The molecule has 1 aliphatic heterocycles. The Morgan fingerprint density at radius 1 is 1.45 bits per heavy atom. The molecule has 0 saturated carbocycles. The van der Waals surface area contributed by atoms with Crippen molar-refractivity contribution in [3.63, 3.8) is 0 Å². The highest BCUT2D eigenvalue weighted by atomic mass is 16.5. The Bertz CT molecular complexity index is 270. The lowest BCUT2D eigenvalue weighted by Crippen LogP contribution is -2.25. The van der Waals surface area contributed by atoms with Crippen LogP contribution in [0.15, 0.2) is 18.2 Å². The number of benzene rings is 1. The fourth-order valence-electron chi connectivity index (χ4n) is 1.34. The average Bonchev–Trinajstić information content (AvgIpc) is 2.06. The summed E-state index contributed by atoms with van der Waals surface area (Å²) in [5.41, 5.74) is 2.59. The van der Waals surface area contributed by atoms with E-state index in [2.05, 4.69) is 18.3 Å². The van der Waals surface area contributed by atoms with Crippen molar-refractivity contribution in [2.24, 2.45) is 0 Å². The van der Waals surface area contributed by atoms with E-state index in [4.69, 9.17) is 4.74 Å². The van der Waals surface area contributed by atoms with E-state index in [0.29, 0.717) is 6.73 Å². The van der Waals surface area contributed by atoms with Gasteiger partial charge in [-0.25, -0.2) is 0 Å². The van der Waals surface area contributed by atoms with E-state index in [1.807, 2.05) is 12.1 Å². The van der Waals surface area contributed by atoms with Gasteiger partial charge in [0.2, 0.25) is 0 Å². The van der Waals surface area contributed by atoms with Crippen LogP contribution in [0.4, 0.5) is 0 Å². The van der Waals surface area contributed by atoms with E-state index in [9.17, 15) is 0 Å². The standard InChI is InChI=1S/C9H11NO/c1-7-3-2-4-9-8(7)5-10-6-11-9/h2-4,10H,5-6H2,1H3. The third-order valence-corrected chi connectivity index (χ3v) is 2.00. The first-order chi connectivity index (χ1) is 5.38. The summed E-state index contributed by atoms with van der Waals surface area (Å²) in [6.45, 7) is 3.67. The molecule has 1 heterocycles. The maximum absolute atomic E-state index is 5.39. The lowest BCUT2D eigenvalue weighted by Gasteiger charge is -2.19. The summed E-state index contributed by atoms with van der Waals surface area (Å²) in [5, 5.41) is 3.16. The molecule has 0 atom stereocenters. The molecule has 0 unspecified atom stereocenters. The number of fused-ring (bicyclic) bond motifs is 1. The normalized spacial score (nSPS) is 15.4. The zero-order chi connectivity index (χ0) is 7.68. The fraction of sp³-hybridized carbons (Fsp3) is 0.333. The minimum absolute atomic E-state index is 0.635. The fourth-order valence-corrected chi connectivity index (χ4v) is 1.34. The first-order valence-corrected chi connectivity index (χ1v) is 3.80. The molecule has 0 amide bonds. The predicted octanol–water partition coefficient (Wildman–Crippen LogP) is 1.43. The molecule has 0 aliphatic carbocycles. The lowest BCUT2D eigenvalue weighted by molar-refractivity contribution is 0.256. The van der Waals surface area contributed by atoms with E-state index in [-0.39, 0.29) is 0 Å². The summed E-state index contributed by atoms with van der Waals surface area (Å²) >= 11 is 0. The van der Waals surface area contributed by atoms with Crippen LogP contribution < -0.4 is 10.1 Å². The molecule has 11 heavy (non-hydrogen) atoms. The molecule has 0 aromatic heterocycles. The largest absolute Gasteiger partial charge is 0.478 e. The molecule has 0 spiro atoms.